The maximum absolute atomic E-state index is 12.3. The number of ketones is 1. The third kappa shape index (κ3) is 4.13. The fourth-order valence-electron chi connectivity index (χ4n) is 2.49. The summed E-state index contributed by atoms with van der Waals surface area (Å²) in [6.45, 7) is 4.64. The summed E-state index contributed by atoms with van der Waals surface area (Å²) in [5.74, 6) is -0.280. The van der Waals surface area contributed by atoms with Crippen molar-refractivity contribution in [3.63, 3.8) is 0 Å². The van der Waals surface area contributed by atoms with Crippen LogP contribution in [-0.2, 0) is 9.59 Å². The van der Waals surface area contributed by atoms with E-state index in [1.165, 1.54) is 24.5 Å². The third-order valence-corrected chi connectivity index (χ3v) is 4.71. The molecule has 0 spiro atoms. The van der Waals surface area contributed by atoms with Gasteiger partial charge in [0.25, 0.3) is 0 Å². The van der Waals surface area contributed by atoms with Crippen molar-refractivity contribution in [3.8, 4) is 0 Å². The van der Waals surface area contributed by atoms with E-state index in [2.05, 4.69) is 10.3 Å². The second-order valence-corrected chi connectivity index (χ2v) is 6.53. The summed E-state index contributed by atoms with van der Waals surface area (Å²) >= 11 is 1.18. The third-order valence-electron chi connectivity index (χ3n) is 3.69. The lowest BCUT2D eigenvalue weighted by molar-refractivity contribution is -0.134. The molecule has 1 fully saturated rings. The molecule has 0 aromatic carbocycles. The molecule has 6 nitrogen and oxygen atoms in total. The maximum atomic E-state index is 12.3. The SMILES string of the molecule is CCCC(=O)N1CCC[C@@H](C(=O)Nc2ncc(C(C)=O)s2)C1. The lowest BCUT2D eigenvalue weighted by Crippen LogP contribution is -2.43. The summed E-state index contributed by atoms with van der Waals surface area (Å²) in [4.78, 5) is 41.8. The average Bonchev–Trinajstić information content (AvgIpc) is 2.96. The van der Waals surface area contributed by atoms with E-state index >= 15 is 0 Å². The number of rotatable bonds is 5. The quantitative estimate of drug-likeness (QED) is 0.843. The lowest BCUT2D eigenvalue weighted by Gasteiger charge is -2.31. The van der Waals surface area contributed by atoms with Gasteiger partial charge in [0.05, 0.1) is 17.0 Å². The molecular formula is C15H21N3O3S. The molecule has 1 N–H and O–H groups in total. The monoisotopic (exact) mass is 323 g/mol. The summed E-state index contributed by atoms with van der Waals surface area (Å²) in [7, 11) is 0. The number of carbonyl (C=O) groups excluding carboxylic acids is 3. The number of aromatic nitrogens is 1. The maximum Gasteiger partial charge on any atom is 0.231 e. The molecule has 2 heterocycles. The Morgan fingerprint density at radius 3 is 2.86 bits per heavy atom. The molecule has 1 aliphatic heterocycles. The molecule has 0 aliphatic carbocycles. The molecule has 120 valence electrons. The van der Waals surface area contributed by atoms with E-state index in [4.69, 9.17) is 0 Å². The number of nitrogens with zero attached hydrogens (tertiary/aromatic N) is 2. The van der Waals surface area contributed by atoms with Gasteiger partial charge in [-0.25, -0.2) is 4.98 Å². The molecule has 22 heavy (non-hydrogen) atoms. The number of Topliss-reactive ketones (excluding diaryl/α,β-unsaturated/α-hetero) is 1. The predicted octanol–water partition coefficient (Wildman–Crippen LogP) is 2.32. The topological polar surface area (TPSA) is 79.4 Å². The van der Waals surface area contributed by atoms with Crippen molar-refractivity contribution in [2.75, 3.05) is 18.4 Å². The Hall–Kier alpha value is -1.76. The number of anilines is 1. The first-order valence-electron chi connectivity index (χ1n) is 7.56. The molecule has 2 amide bonds. The van der Waals surface area contributed by atoms with Gasteiger partial charge in [0.15, 0.2) is 10.9 Å². The molecular weight excluding hydrogens is 302 g/mol. The molecule has 1 aromatic heterocycles. The van der Waals surface area contributed by atoms with Crippen LogP contribution in [0.4, 0.5) is 5.13 Å². The van der Waals surface area contributed by atoms with Crippen LogP contribution < -0.4 is 5.32 Å². The summed E-state index contributed by atoms with van der Waals surface area (Å²) in [6, 6.07) is 0. The molecule has 0 bridgehead atoms. The van der Waals surface area contributed by atoms with Crippen molar-refractivity contribution >= 4 is 34.1 Å². The highest BCUT2D eigenvalue weighted by atomic mass is 32.1. The lowest BCUT2D eigenvalue weighted by atomic mass is 9.97. The van der Waals surface area contributed by atoms with Crippen molar-refractivity contribution in [2.24, 2.45) is 5.92 Å². The van der Waals surface area contributed by atoms with Crippen LogP contribution in [0.15, 0.2) is 6.20 Å². The second kappa shape index (κ2) is 7.49. The Kier molecular flexibility index (Phi) is 5.65. The number of nitrogens with one attached hydrogen (secondary N) is 1. The minimum absolute atomic E-state index is 0.0630. The zero-order chi connectivity index (χ0) is 16.1. The van der Waals surface area contributed by atoms with Crippen molar-refractivity contribution in [1.82, 2.24) is 9.88 Å². The van der Waals surface area contributed by atoms with E-state index in [9.17, 15) is 14.4 Å². The van der Waals surface area contributed by atoms with Gasteiger partial charge < -0.3 is 10.2 Å². The minimum atomic E-state index is -0.209. The van der Waals surface area contributed by atoms with Gasteiger partial charge in [0, 0.05) is 26.4 Å². The number of likely N-dealkylation sites (tertiary alicyclic amines) is 1. The van der Waals surface area contributed by atoms with Crippen LogP contribution in [0, 0.1) is 5.92 Å². The molecule has 0 unspecified atom stereocenters. The van der Waals surface area contributed by atoms with Crippen LogP contribution in [-0.4, -0.2) is 40.6 Å². The van der Waals surface area contributed by atoms with Gasteiger partial charge in [0.1, 0.15) is 0 Å². The van der Waals surface area contributed by atoms with Crippen LogP contribution in [0.2, 0.25) is 0 Å². The second-order valence-electron chi connectivity index (χ2n) is 5.50. The number of piperidine rings is 1. The normalized spacial score (nSPS) is 18.1. The zero-order valence-electron chi connectivity index (χ0n) is 12.9. The van der Waals surface area contributed by atoms with Crippen molar-refractivity contribution in [2.45, 2.75) is 39.5 Å². The highest BCUT2D eigenvalue weighted by molar-refractivity contribution is 7.17. The van der Waals surface area contributed by atoms with E-state index in [1.54, 1.807) is 4.90 Å². The summed E-state index contributed by atoms with van der Waals surface area (Å²) in [5, 5.41) is 3.19. The van der Waals surface area contributed by atoms with E-state index in [0.29, 0.717) is 23.0 Å². The van der Waals surface area contributed by atoms with Crippen molar-refractivity contribution < 1.29 is 14.4 Å². The fraction of sp³-hybridized carbons (Fsp3) is 0.600. The van der Waals surface area contributed by atoms with Gasteiger partial charge in [-0.05, 0) is 19.3 Å². The molecule has 2 rings (SSSR count). The number of hydrogen-bond donors (Lipinski definition) is 1. The largest absolute Gasteiger partial charge is 0.342 e. The van der Waals surface area contributed by atoms with Gasteiger partial charge in [-0.15, -0.1) is 0 Å². The van der Waals surface area contributed by atoms with Crippen LogP contribution in [0.1, 0.15) is 49.2 Å². The van der Waals surface area contributed by atoms with Gasteiger partial charge in [-0.3, -0.25) is 14.4 Å². The highest BCUT2D eigenvalue weighted by Crippen LogP contribution is 2.22. The number of carbonyl (C=O) groups is 3. The van der Waals surface area contributed by atoms with Crippen molar-refractivity contribution in [3.05, 3.63) is 11.1 Å². The zero-order valence-corrected chi connectivity index (χ0v) is 13.7. The Morgan fingerprint density at radius 1 is 1.45 bits per heavy atom. The summed E-state index contributed by atoms with van der Waals surface area (Å²) < 4.78 is 0. The molecule has 1 atom stereocenters. The van der Waals surface area contributed by atoms with Gasteiger partial charge in [0.2, 0.25) is 11.8 Å². The van der Waals surface area contributed by atoms with Gasteiger partial charge in [-0.2, -0.15) is 0 Å². The molecule has 1 saturated heterocycles. The average molecular weight is 323 g/mol. The summed E-state index contributed by atoms with van der Waals surface area (Å²) in [6.07, 6.45) is 4.43. The fourth-order valence-corrected chi connectivity index (χ4v) is 3.21. The van der Waals surface area contributed by atoms with E-state index in [1.807, 2.05) is 6.92 Å². The number of amides is 2. The molecule has 1 aromatic rings. The Labute approximate surface area is 133 Å². The molecule has 1 aliphatic rings. The van der Waals surface area contributed by atoms with Gasteiger partial charge in [-0.1, -0.05) is 18.3 Å². The number of thiazole rings is 1. The highest BCUT2D eigenvalue weighted by Gasteiger charge is 2.28. The first kappa shape index (κ1) is 16.6. The molecule has 0 radical (unpaired) electrons. The molecule has 0 saturated carbocycles. The first-order valence-corrected chi connectivity index (χ1v) is 8.38. The first-order chi connectivity index (χ1) is 10.5. The Morgan fingerprint density at radius 2 is 2.23 bits per heavy atom. The van der Waals surface area contributed by atoms with E-state index in [0.717, 1.165) is 25.8 Å². The Balaban J connectivity index is 1.93. The van der Waals surface area contributed by atoms with Crippen LogP contribution in [0.25, 0.3) is 0 Å². The van der Waals surface area contributed by atoms with Crippen LogP contribution >= 0.6 is 11.3 Å². The summed E-state index contributed by atoms with van der Waals surface area (Å²) in [5.41, 5.74) is 0. The van der Waals surface area contributed by atoms with E-state index < -0.39 is 0 Å². The standard InChI is InChI=1S/C15H21N3O3S/c1-3-5-13(20)18-7-4-6-11(9-18)14(21)17-15-16-8-12(22-15)10(2)19/h8,11H,3-7,9H2,1-2H3,(H,16,17,21)/t11-/m1/s1. The van der Waals surface area contributed by atoms with Crippen LogP contribution in [0.3, 0.4) is 0 Å². The van der Waals surface area contributed by atoms with Gasteiger partial charge >= 0.3 is 0 Å². The van der Waals surface area contributed by atoms with E-state index in [-0.39, 0.29) is 23.5 Å². The van der Waals surface area contributed by atoms with Crippen LogP contribution in [0.5, 0.6) is 0 Å². The predicted molar refractivity (Wildman–Crippen MR) is 85.0 cm³/mol. The Bertz CT molecular complexity index is 570. The number of hydrogen-bond acceptors (Lipinski definition) is 5. The van der Waals surface area contributed by atoms with Crippen molar-refractivity contribution in [1.29, 1.82) is 0 Å². The smallest absolute Gasteiger partial charge is 0.231 e. The molecule has 7 heteroatoms. The minimum Gasteiger partial charge on any atom is -0.342 e.